The van der Waals surface area contributed by atoms with E-state index in [1.165, 1.54) is 6.07 Å². The number of benzene rings is 1. The summed E-state index contributed by atoms with van der Waals surface area (Å²) in [5.41, 5.74) is 0.00966. The van der Waals surface area contributed by atoms with Crippen molar-refractivity contribution in [3.8, 4) is 5.75 Å². The fourth-order valence-electron chi connectivity index (χ4n) is 3.95. The Kier molecular flexibility index (Phi) is 3.84. The highest BCUT2D eigenvalue weighted by atomic mass is 16.6. The molecule has 0 aliphatic carbocycles. The molecular weight excluding hydrogens is 296 g/mol. The number of hydrogen-bond donors (Lipinski definition) is 1. The van der Waals surface area contributed by atoms with Crippen LogP contribution in [0.3, 0.4) is 0 Å². The van der Waals surface area contributed by atoms with Gasteiger partial charge >= 0.3 is 0 Å². The lowest BCUT2D eigenvalue weighted by Crippen LogP contribution is -2.54. The first kappa shape index (κ1) is 16.2. The number of rotatable bonds is 2. The zero-order valence-corrected chi connectivity index (χ0v) is 14.0. The molecule has 2 unspecified atom stereocenters. The molecule has 1 aromatic carbocycles. The maximum atomic E-state index is 11.1. The molecule has 0 spiro atoms. The Morgan fingerprint density at radius 1 is 1.39 bits per heavy atom. The average Bonchev–Trinajstić information content (AvgIpc) is 2.78. The SMILES string of the molecule is CC1CC(C)N([C@@H]2c3cc([N+](=O)[O-])ccc3OC(C)(C)[C@H]2O)C1. The molecule has 0 amide bonds. The van der Waals surface area contributed by atoms with Gasteiger partial charge in [-0.1, -0.05) is 6.92 Å². The van der Waals surface area contributed by atoms with Crippen LogP contribution in [0.4, 0.5) is 5.69 Å². The Bertz CT molecular complexity index is 631. The van der Waals surface area contributed by atoms with Crippen LogP contribution in [0.25, 0.3) is 0 Å². The van der Waals surface area contributed by atoms with Crippen molar-refractivity contribution >= 4 is 5.69 Å². The zero-order valence-electron chi connectivity index (χ0n) is 14.0. The van der Waals surface area contributed by atoms with Gasteiger partial charge in [0.15, 0.2) is 0 Å². The Labute approximate surface area is 136 Å². The summed E-state index contributed by atoms with van der Waals surface area (Å²) >= 11 is 0. The van der Waals surface area contributed by atoms with Crippen LogP contribution < -0.4 is 4.74 Å². The number of aliphatic hydroxyl groups excluding tert-OH is 1. The van der Waals surface area contributed by atoms with Crippen molar-refractivity contribution in [2.75, 3.05) is 6.54 Å². The van der Waals surface area contributed by atoms with E-state index in [4.69, 9.17) is 4.74 Å². The van der Waals surface area contributed by atoms with Gasteiger partial charge in [0.1, 0.15) is 17.5 Å². The fourth-order valence-corrected chi connectivity index (χ4v) is 3.95. The van der Waals surface area contributed by atoms with Crippen LogP contribution in [0.5, 0.6) is 5.75 Å². The quantitative estimate of drug-likeness (QED) is 0.670. The van der Waals surface area contributed by atoms with Crippen molar-refractivity contribution < 1.29 is 14.8 Å². The van der Waals surface area contributed by atoms with Crippen LogP contribution in [0.15, 0.2) is 18.2 Å². The van der Waals surface area contributed by atoms with E-state index in [0.717, 1.165) is 13.0 Å². The van der Waals surface area contributed by atoms with Crippen molar-refractivity contribution in [1.29, 1.82) is 0 Å². The molecule has 6 heteroatoms. The summed E-state index contributed by atoms with van der Waals surface area (Å²) in [5, 5.41) is 22.0. The summed E-state index contributed by atoms with van der Waals surface area (Å²) in [5.74, 6) is 1.17. The number of nitro benzene ring substituents is 1. The van der Waals surface area contributed by atoms with Gasteiger partial charge in [-0.3, -0.25) is 15.0 Å². The summed E-state index contributed by atoms with van der Waals surface area (Å²) in [6.45, 7) is 8.94. The van der Waals surface area contributed by atoms with E-state index in [1.54, 1.807) is 12.1 Å². The predicted molar refractivity (Wildman–Crippen MR) is 86.5 cm³/mol. The summed E-state index contributed by atoms with van der Waals surface area (Å²) in [6.07, 6.45) is 0.319. The molecule has 1 N–H and O–H groups in total. The summed E-state index contributed by atoms with van der Waals surface area (Å²) in [6, 6.07) is 4.70. The Morgan fingerprint density at radius 3 is 2.65 bits per heavy atom. The number of non-ortho nitro benzene ring substituents is 1. The molecule has 1 saturated heterocycles. The maximum Gasteiger partial charge on any atom is 0.270 e. The van der Waals surface area contributed by atoms with E-state index in [9.17, 15) is 15.2 Å². The summed E-state index contributed by atoms with van der Waals surface area (Å²) in [7, 11) is 0. The smallest absolute Gasteiger partial charge is 0.270 e. The molecule has 0 radical (unpaired) electrons. The largest absolute Gasteiger partial charge is 0.485 e. The average molecular weight is 320 g/mol. The van der Waals surface area contributed by atoms with E-state index in [1.807, 2.05) is 13.8 Å². The molecule has 0 aromatic heterocycles. The van der Waals surface area contributed by atoms with Crippen LogP contribution in [0.1, 0.15) is 45.7 Å². The second-order valence-electron chi connectivity index (χ2n) is 7.46. The van der Waals surface area contributed by atoms with Crippen molar-refractivity contribution in [1.82, 2.24) is 4.90 Å². The standard InChI is InChI=1S/C17H24N2O4/c1-10-7-11(2)18(9-10)15-13-8-12(19(21)22)5-6-14(13)23-17(3,4)16(15)20/h5-6,8,10-11,15-16,20H,7,9H2,1-4H3/t10?,11?,15-,16+/m1/s1. The summed E-state index contributed by atoms with van der Waals surface area (Å²) in [4.78, 5) is 13.0. The highest BCUT2D eigenvalue weighted by Gasteiger charge is 2.48. The minimum Gasteiger partial charge on any atom is -0.485 e. The van der Waals surface area contributed by atoms with Crippen molar-refractivity contribution in [3.05, 3.63) is 33.9 Å². The monoisotopic (exact) mass is 320 g/mol. The van der Waals surface area contributed by atoms with Crippen LogP contribution >= 0.6 is 0 Å². The topological polar surface area (TPSA) is 75.8 Å². The van der Waals surface area contributed by atoms with Crippen LogP contribution in [0.2, 0.25) is 0 Å². The number of fused-ring (bicyclic) bond motifs is 1. The second kappa shape index (κ2) is 5.46. The molecule has 126 valence electrons. The van der Waals surface area contributed by atoms with Gasteiger partial charge in [0.25, 0.3) is 5.69 Å². The van der Waals surface area contributed by atoms with Gasteiger partial charge in [-0.2, -0.15) is 0 Å². The lowest BCUT2D eigenvalue weighted by Gasteiger charge is -2.46. The normalized spacial score (nSPS) is 33.1. The molecule has 1 aromatic rings. The summed E-state index contributed by atoms with van der Waals surface area (Å²) < 4.78 is 5.92. The Hall–Kier alpha value is -1.66. The van der Waals surface area contributed by atoms with Gasteiger partial charge < -0.3 is 9.84 Å². The highest BCUT2D eigenvalue weighted by molar-refractivity contribution is 5.48. The number of likely N-dealkylation sites (tertiary alicyclic amines) is 1. The molecule has 2 aliphatic rings. The van der Waals surface area contributed by atoms with E-state index >= 15 is 0 Å². The number of ether oxygens (including phenoxy) is 1. The third kappa shape index (κ3) is 2.70. The molecule has 3 rings (SSSR count). The highest BCUT2D eigenvalue weighted by Crippen LogP contribution is 2.46. The Morgan fingerprint density at radius 2 is 2.09 bits per heavy atom. The fraction of sp³-hybridized carbons (Fsp3) is 0.647. The number of nitro groups is 1. The van der Waals surface area contributed by atoms with Gasteiger partial charge in [0, 0.05) is 30.3 Å². The maximum absolute atomic E-state index is 11.1. The number of hydrogen-bond acceptors (Lipinski definition) is 5. The second-order valence-corrected chi connectivity index (χ2v) is 7.46. The first-order valence-corrected chi connectivity index (χ1v) is 8.12. The zero-order chi connectivity index (χ0) is 16.9. The molecule has 0 saturated carbocycles. The van der Waals surface area contributed by atoms with Gasteiger partial charge in [-0.05, 0) is 39.2 Å². The number of aliphatic hydroxyl groups is 1. The van der Waals surface area contributed by atoms with E-state index < -0.39 is 16.6 Å². The molecule has 23 heavy (non-hydrogen) atoms. The van der Waals surface area contributed by atoms with Gasteiger partial charge in [-0.25, -0.2) is 0 Å². The minimum atomic E-state index is -0.746. The van der Waals surface area contributed by atoms with Crippen molar-refractivity contribution in [2.45, 2.75) is 57.9 Å². The molecule has 2 aliphatic heterocycles. The lowest BCUT2D eigenvalue weighted by molar-refractivity contribution is -0.385. The lowest BCUT2D eigenvalue weighted by atomic mass is 9.85. The van der Waals surface area contributed by atoms with Crippen molar-refractivity contribution in [3.63, 3.8) is 0 Å². The van der Waals surface area contributed by atoms with E-state index in [-0.39, 0.29) is 11.7 Å². The first-order chi connectivity index (χ1) is 10.7. The van der Waals surface area contributed by atoms with E-state index in [2.05, 4.69) is 18.7 Å². The van der Waals surface area contributed by atoms with Gasteiger partial charge in [0.2, 0.25) is 0 Å². The Balaban J connectivity index is 2.10. The first-order valence-electron chi connectivity index (χ1n) is 8.12. The van der Waals surface area contributed by atoms with Crippen LogP contribution in [-0.4, -0.2) is 39.2 Å². The minimum absolute atomic E-state index is 0.0316. The van der Waals surface area contributed by atoms with E-state index in [0.29, 0.717) is 23.3 Å². The van der Waals surface area contributed by atoms with Crippen LogP contribution in [0, 0.1) is 16.0 Å². The molecule has 4 atom stereocenters. The predicted octanol–water partition coefficient (Wildman–Crippen LogP) is 2.90. The molecule has 1 fully saturated rings. The third-order valence-corrected chi connectivity index (χ3v) is 5.10. The van der Waals surface area contributed by atoms with Gasteiger partial charge in [0.05, 0.1) is 11.0 Å². The molecule has 0 bridgehead atoms. The molecule has 6 nitrogen and oxygen atoms in total. The molecular formula is C17H24N2O4. The van der Waals surface area contributed by atoms with Crippen LogP contribution in [-0.2, 0) is 0 Å². The molecule has 2 heterocycles. The van der Waals surface area contributed by atoms with Crippen molar-refractivity contribution in [2.24, 2.45) is 5.92 Å². The third-order valence-electron chi connectivity index (χ3n) is 5.10. The van der Waals surface area contributed by atoms with Gasteiger partial charge in [-0.15, -0.1) is 0 Å². The number of nitrogens with zero attached hydrogens (tertiary/aromatic N) is 2.